The topological polar surface area (TPSA) is 85.7 Å². The molecule has 0 atom stereocenters. The summed E-state index contributed by atoms with van der Waals surface area (Å²) in [5.74, 6) is -0.827. The minimum absolute atomic E-state index is 0.00927. The first-order valence-electron chi connectivity index (χ1n) is 14.5. The summed E-state index contributed by atoms with van der Waals surface area (Å²) in [7, 11) is 1.34. The van der Waals surface area contributed by atoms with Gasteiger partial charge in [0.2, 0.25) is 0 Å². The van der Waals surface area contributed by atoms with Crippen LogP contribution in [0.4, 0.5) is 14.5 Å². The number of hydrogen-bond acceptors (Lipinski definition) is 6. The molecule has 1 aromatic heterocycles. The Morgan fingerprint density at radius 3 is 2.30 bits per heavy atom. The average molecular weight is 603 g/mol. The number of amides is 1. The van der Waals surface area contributed by atoms with Crippen molar-refractivity contribution in [3.05, 3.63) is 101 Å². The summed E-state index contributed by atoms with van der Waals surface area (Å²) >= 11 is 0. The number of aromatic nitrogens is 2. The quantitative estimate of drug-likeness (QED) is 0.227. The van der Waals surface area contributed by atoms with Crippen LogP contribution in [0.2, 0.25) is 0 Å². The van der Waals surface area contributed by atoms with E-state index < -0.39 is 17.4 Å². The van der Waals surface area contributed by atoms with Crippen LogP contribution in [0, 0.1) is 11.6 Å². The molecule has 8 nitrogen and oxygen atoms in total. The second-order valence-electron chi connectivity index (χ2n) is 11.9. The van der Waals surface area contributed by atoms with Gasteiger partial charge in [-0.3, -0.25) is 14.4 Å². The molecule has 10 heteroatoms. The second kappa shape index (κ2) is 13.0. The van der Waals surface area contributed by atoms with Crippen LogP contribution in [-0.2, 0) is 16.8 Å². The van der Waals surface area contributed by atoms with E-state index in [0.29, 0.717) is 59.0 Å². The Hall–Kier alpha value is -4.57. The lowest BCUT2D eigenvalue weighted by molar-refractivity contribution is 0.0600. The van der Waals surface area contributed by atoms with Gasteiger partial charge >= 0.3 is 5.97 Å². The molecule has 2 heterocycles. The van der Waals surface area contributed by atoms with Gasteiger partial charge in [-0.25, -0.2) is 13.6 Å². The molecule has 0 bridgehead atoms. The summed E-state index contributed by atoms with van der Waals surface area (Å²) < 4.78 is 41.1. The van der Waals surface area contributed by atoms with Crippen molar-refractivity contribution in [2.45, 2.75) is 51.8 Å². The van der Waals surface area contributed by atoms with E-state index in [1.54, 1.807) is 47.1 Å². The molecule has 0 radical (unpaired) electrons. The lowest BCUT2D eigenvalue weighted by Crippen LogP contribution is -2.38. The van der Waals surface area contributed by atoms with Crippen LogP contribution in [-0.4, -0.2) is 52.9 Å². The van der Waals surface area contributed by atoms with Crippen molar-refractivity contribution in [1.82, 2.24) is 14.7 Å². The fraction of sp³-hybridized carbons (Fsp3) is 0.324. The molecular formula is C34H36F2N4O4. The standard InChI is InChI=1S/C34H36F2N4O4/c1-34(2,3)40-31(22-5-9-25(35)10-6-22)29(20-37-40)32(41)38-26-11-14-30(36)24(19-26)21-39-17-15-28(16-18-39)44-27-12-7-23(8-13-27)33(42)43-4/h5-14,19-20,28H,15-18,21H2,1-4H3,(H,38,41). The number of rotatable bonds is 8. The summed E-state index contributed by atoms with van der Waals surface area (Å²) in [6, 6.07) is 17.3. The Balaban J connectivity index is 1.23. The van der Waals surface area contributed by atoms with Gasteiger partial charge in [-0.15, -0.1) is 0 Å². The van der Waals surface area contributed by atoms with Crippen LogP contribution < -0.4 is 10.1 Å². The molecule has 1 N–H and O–H groups in total. The number of halogens is 2. The van der Waals surface area contributed by atoms with Gasteiger partial charge in [0.1, 0.15) is 23.5 Å². The van der Waals surface area contributed by atoms with Crippen LogP contribution in [0.1, 0.15) is 59.9 Å². The lowest BCUT2D eigenvalue weighted by atomic mass is 10.0. The number of piperidine rings is 1. The molecule has 44 heavy (non-hydrogen) atoms. The number of carbonyl (C=O) groups is 2. The van der Waals surface area contributed by atoms with Gasteiger partial charge in [0.25, 0.3) is 5.91 Å². The molecular weight excluding hydrogens is 566 g/mol. The molecule has 0 aliphatic carbocycles. The molecule has 1 fully saturated rings. The van der Waals surface area contributed by atoms with E-state index >= 15 is 0 Å². The number of esters is 1. The van der Waals surface area contributed by atoms with Crippen LogP contribution in [0.15, 0.2) is 72.9 Å². The SMILES string of the molecule is COC(=O)c1ccc(OC2CCN(Cc3cc(NC(=O)c4cnn(C(C)(C)C)c4-c4ccc(F)cc4)ccc3F)CC2)cc1. The zero-order chi connectivity index (χ0) is 31.4. The van der Waals surface area contributed by atoms with Crippen LogP contribution in [0.25, 0.3) is 11.3 Å². The van der Waals surface area contributed by atoms with Crippen molar-refractivity contribution in [2.24, 2.45) is 0 Å². The molecule has 1 aliphatic rings. The third-order valence-electron chi connectivity index (χ3n) is 7.58. The largest absolute Gasteiger partial charge is 0.490 e. The maximum atomic E-state index is 14.9. The van der Waals surface area contributed by atoms with Gasteiger partial charge in [0.05, 0.1) is 35.7 Å². The highest BCUT2D eigenvalue weighted by Gasteiger charge is 2.26. The van der Waals surface area contributed by atoms with Crippen molar-refractivity contribution in [2.75, 3.05) is 25.5 Å². The summed E-state index contributed by atoms with van der Waals surface area (Å²) in [5, 5.41) is 7.37. The van der Waals surface area contributed by atoms with Crippen molar-refractivity contribution in [3.8, 4) is 17.0 Å². The van der Waals surface area contributed by atoms with Gasteiger partial charge in [-0.05, 0) is 100 Å². The zero-order valence-corrected chi connectivity index (χ0v) is 25.3. The number of nitrogens with zero attached hydrogens (tertiary/aromatic N) is 3. The highest BCUT2D eigenvalue weighted by Crippen LogP contribution is 2.30. The molecule has 230 valence electrons. The molecule has 5 rings (SSSR count). The molecule has 1 saturated heterocycles. The molecule has 4 aromatic rings. The first-order chi connectivity index (χ1) is 21.0. The van der Waals surface area contributed by atoms with E-state index in [9.17, 15) is 18.4 Å². The minimum atomic E-state index is -0.432. The number of anilines is 1. The van der Waals surface area contributed by atoms with Crippen molar-refractivity contribution in [1.29, 1.82) is 0 Å². The predicted octanol–water partition coefficient (Wildman–Crippen LogP) is 6.67. The lowest BCUT2D eigenvalue weighted by Gasteiger charge is -2.32. The third kappa shape index (κ3) is 7.14. The van der Waals surface area contributed by atoms with E-state index in [0.717, 1.165) is 12.8 Å². The van der Waals surface area contributed by atoms with Gasteiger partial charge < -0.3 is 14.8 Å². The Morgan fingerprint density at radius 2 is 1.66 bits per heavy atom. The minimum Gasteiger partial charge on any atom is -0.490 e. The fourth-order valence-corrected chi connectivity index (χ4v) is 5.29. The third-order valence-corrected chi connectivity index (χ3v) is 7.58. The number of carbonyl (C=O) groups excluding carboxylic acids is 2. The summed E-state index contributed by atoms with van der Waals surface area (Å²) in [6.45, 7) is 7.74. The number of benzene rings is 3. The first kappa shape index (κ1) is 30.9. The van der Waals surface area contributed by atoms with Crippen LogP contribution in [0.3, 0.4) is 0 Å². The molecule has 0 saturated carbocycles. The average Bonchev–Trinajstić information content (AvgIpc) is 3.47. The van der Waals surface area contributed by atoms with E-state index in [2.05, 4.69) is 15.3 Å². The Kier molecular flexibility index (Phi) is 9.10. The number of hydrogen-bond donors (Lipinski definition) is 1. The van der Waals surface area contributed by atoms with E-state index in [-0.39, 0.29) is 17.7 Å². The summed E-state index contributed by atoms with van der Waals surface area (Å²) in [6.07, 6.45) is 3.04. The molecule has 0 spiro atoms. The Labute approximate surface area is 255 Å². The van der Waals surface area contributed by atoms with E-state index in [1.807, 2.05) is 20.8 Å². The Morgan fingerprint density at radius 1 is 0.977 bits per heavy atom. The van der Waals surface area contributed by atoms with Gasteiger partial charge in [-0.2, -0.15) is 5.10 Å². The highest BCUT2D eigenvalue weighted by atomic mass is 19.1. The van der Waals surface area contributed by atoms with Crippen LogP contribution in [0.5, 0.6) is 5.75 Å². The number of methoxy groups -OCH3 is 1. The maximum Gasteiger partial charge on any atom is 0.337 e. The van der Waals surface area contributed by atoms with E-state index in [1.165, 1.54) is 37.6 Å². The van der Waals surface area contributed by atoms with Crippen molar-refractivity contribution < 1.29 is 27.8 Å². The number of likely N-dealkylation sites (tertiary alicyclic amines) is 1. The zero-order valence-electron chi connectivity index (χ0n) is 25.3. The molecule has 0 unspecified atom stereocenters. The highest BCUT2D eigenvalue weighted by molar-refractivity contribution is 6.08. The van der Waals surface area contributed by atoms with Gasteiger partial charge in [0.15, 0.2) is 0 Å². The number of ether oxygens (including phenoxy) is 2. The van der Waals surface area contributed by atoms with E-state index in [4.69, 9.17) is 9.47 Å². The fourth-order valence-electron chi connectivity index (χ4n) is 5.29. The van der Waals surface area contributed by atoms with Gasteiger partial charge in [0, 0.05) is 36.4 Å². The summed E-state index contributed by atoms with van der Waals surface area (Å²) in [5.41, 5.74) is 2.54. The molecule has 3 aromatic carbocycles. The summed E-state index contributed by atoms with van der Waals surface area (Å²) in [4.78, 5) is 27.3. The normalized spacial score (nSPS) is 14.3. The number of nitrogens with one attached hydrogen (secondary N) is 1. The van der Waals surface area contributed by atoms with Crippen LogP contribution >= 0.6 is 0 Å². The first-order valence-corrected chi connectivity index (χ1v) is 14.5. The molecule has 1 aliphatic heterocycles. The smallest absolute Gasteiger partial charge is 0.337 e. The second-order valence-corrected chi connectivity index (χ2v) is 11.9. The van der Waals surface area contributed by atoms with Gasteiger partial charge in [-0.1, -0.05) is 0 Å². The molecule has 1 amide bonds. The predicted molar refractivity (Wildman–Crippen MR) is 164 cm³/mol. The maximum absolute atomic E-state index is 14.9. The van der Waals surface area contributed by atoms with Crippen molar-refractivity contribution in [3.63, 3.8) is 0 Å². The monoisotopic (exact) mass is 602 g/mol. The van der Waals surface area contributed by atoms with Crippen molar-refractivity contribution >= 4 is 17.6 Å². The Bertz CT molecular complexity index is 1620.